The maximum absolute atomic E-state index is 12.5. The first-order valence-corrected chi connectivity index (χ1v) is 10.5. The van der Waals surface area contributed by atoms with Crippen LogP contribution in [0.15, 0.2) is 36.4 Å². The van der Waals surface area contributed by atoms with Gasteiger partial charge in [0.15, 0.2) is 0 Å². The van der Waals surface area contributed by atoms with Crippen LogP contribution in [0.2, 0.25) is 0 Å². The highest BCUT2D eigenvalue weighted by atomic mass is 16.7. The van der Waals surface area contributed by atoms with Crippen molar-refractivity contribution in [2.24, 2.45) is 0 Å². The molecule has 0 spiro atoms. The number of carbonyl (C=O) groups is 1. The summed E-state index contributed by atoms with van der Waals surface area (Å²) in [6, 6.07) is 12.1. The summed E-state index contributed by atoms with van der Waals surface area (Å²) in [5, 5.41) is 0. The zero-order chi connectivity index (χ0) is 20.7. The molecular weight excluding hydrogens is 348 g/mol. The van der Waals surface area contributed by atoms with E-state index in [4.69, 9.17) is 9.47 Å². The van der Waals surface area contributed by atoms with E-state index < -0.39 is 6.16 Å². The first-order valence-electron chi connectivity index (χ1n) is 10.5. The molecule has 2 aromatic carbocycles. The molecule has 0 fully saturated rings. The summed E-state index contributed by atoms with van der Waals surface area (Å²) < 4.78 is 11.2. The van der Waals surface area contributed by atoms with Gasteiger partial charge in [-0.2, -0.15) is 0 Å². The molecule has 152 valence electrons. The first kappa shape index (κ1) is 22.0. The largest absolute Gasteiger partial charge is 0.519 e. The predicted octanol–water partition coefficient (Wildman–Crippen LogP) is 7.42. The lowest BCUT2D eigenvalue weighted by Gasteiger charge is -2.16. The van der Waals surface area contributed by atoms with Crippen LogP contribution < -0.4 is 9.47 Å². The standard InChI is InChI=1S/C25H34O3/c1-7-9-19-11-13-23(21(15-19)17(3)4)27-25(26)28-24-14-12-20(10-8-2)16-22(24)18(5)6/h11-18H,7-10H2,1-6H3. The van der Waals surface area contributed by atoms with Gasteiger partial charge in [0.25, 0.3) is 0 Å². The Morgan fingerprint density at radius 2 is 1.14 bits per heavy atom. The van der Waals surface area contributed by atoms with Crippen LogP contribution >= 0.6 is 0 Å². The minimum absolute atomic E-state index is 0.263. The smallest absolute Gasteiger partial charge is 0.394 e. The molecule has 0 bridgehead atoms. The molecule has 0 saturated carbocycles. The fourth-order valence-corrected chi connectivity index (χ4v) is 3.37. The molecule has 0 N–H and O–H groups in total. The number of ether oxygens (including phenoxy) is 2. The van der Waals surface area contributed by atoms with Gasteiger partial charge in [0.2, 0.25) is 0 Å². The van der Waals surface area contributed by atoms with Crippen LogP contribution in [-0.2, 0) is 12.8 Å². The number of hydrogen-bond acceptors (Lipinski definition) is 3. The Labute approximate surface area is 170 Å². The van der Waals surface area contributed by atoms with Crippen molar-refractivity contribution in [3.63, 3.8) is 0 Å². The van der Waals surface area contributed by atoms with Gasteiger partial charge < -0.3 is 9.47 Å². The van der Waals surface area contributed by atoms with E-state index >= 15 is 0 Å². The van der Waals surface area contributed by atoms with Gasteiger partial charge in [0.05, 0.1) is 0 Å². The van der Waals surface area contributed by atoms with Gasteiger partial charge in [-0.25, -0.2) is 4.79 Å². The summed E-state index contributed by atoms with van der Waals surface area (Å²) >= 11 is 0. The van der Waals surface area contributed by atoms with Gasteiger partial charge in [-0.1, -0.05) is 78.6 Å². The van der Waals surface area contributed by atoms with E-state index in [1.807, 2.05) is 24.3 Å². The predicted molar refractivity (Wildman–Crippen MR) is 116 cm³/mol. The Balaban J connectivity index is 2.20. The topological polar surface area (TPSA) is 35.5 Å². The van der Waals surface area contributed by atoms with Crippen LogP contribution in [0.4, 0.5) is 4.79 Å². The third-order valence-electron chi connectivity index (χ3n) is 4.86. The van der Waals surface area contributed by atoms with Gasteiger partial charge in [-0.05, 0) is 59.1 Å². The molecule has 28 heavy (non-hydrogen) atoms. The molecule has 0 saturated heterocycles. The van der Waals surface area contributed by atoms with Crippen LogP contribution in [0.5, 0.6) is 11.5 Å². The minimum Gasteiger partial charge on any atom is -0.394 e. The van der Waals surface area contributed by atoms with E-state index in [9.17, 15) is 4.79 Å². The molecule has 3 nitrogen and oxygen atoms in total. The monoisotopic (exact) mass is 382 g/mol. The van der Waals surface area contributed by atoms with E-state index in [1.165, 1.54) is 11.1 Å². The second kappa shape index (κ2) is 10.3. The molecule has 0 unspecified atom stereocenters. The van der Waals surface area contributed by atoms with Gasteiger partial charge in [0, 0.05) is 0 Å². The summed E-state index contributed by atoms with van der Waals surface area (Å²) in [5.41, 5.74) is 4.59. The fourth-order valence-electron chi connectivity index (χ4n) is 3.37. The molecule has 2 aromatic rings. The Morgan fingerprint density at radius 3 is 1.46 bits per heavy atom. The minimum atomic E-state index is -0.685. The summed E-state index contributed by atoms with van der Waals surface area (Å²) in [5.74, 6) is 1.68. The normalized spacial score (nSPS) is 11.1. The first-order chi connectivity index (χ1) is 13.3. The van der Waals surface area contributed by atoms with Crippen LogP contribution in [0.3, 0.4) is 0 Å². The third-order valence-corrected chi connectivity index (χ3v) is 4.86. The Hall–Kier alpha value is -2.29. The van der Waals surface area contributed by atoms with Crippen molar-refractivity contribution < 1.29 is 14.3 Å². The number of benzene rings is 2. The van der Waals surface area contributed by atoms with Crippen molar-refractivity contribution in [2.75, 3.05) is 0 Å². The quantitative estimate of drug-likeness (QED) is 0.352. The molecule has 0 atom stereocenters. The molecule has 0 aromatic heterocycles. The average Bonchev–Trinajstić information content (AvgIpc) is 2.64. The summed E-state index contributed by atoms with van der Waals surface area (Å²) in [6.07, 6.45) is 3.53. The molecule has 0 heterocycles. The fraction of sp³-hybridized carbons (Fsp3) is 0.480. The van der Waals surface area contributed by atoms with Crippen LogP contribution in [0.25, 0.3) is 0 Å². The zero-order valence-corrected chi connectivity index (χ0v) is 18.2. The molecule has 0 amide bonds. The highest BCUT2D eigenvalue weighted by molar-refractivity contribution is 5.68. The molecule has 0 aliphatic heterocycles. The van der Waals surface area contributed by atoms with Crippen molar-refractivity contribution in [1.82, 2.24) is 0 Å². The highest BCUT2D eigenvalue weighted by Crippen LogP contribution is 2.31. The maximum atomic E-state index is 12.5. The maximum Gasteiger partial charge on any atom is 0.519 e. The lowest BCUT2D eigenvalue weighted by Crippen LogP contribution is -2.16. The van der Waals surface area contributed by atoms with E-state index in [-0.39, 0.29) is 11.8 Å². The van der Waals surface area contributed by atoms with E-state index in [0.29, 0.717) is 11.5 Å². The number of carbonyl (C=O) groups excluding carboxylic acids is 1. The summed E-state index contributed by atoms with van der Waals surface area (Å²) in [7, 11) is 0. The Bertz CT molecular complexity index is 725. The molecular formula is C25H34O3. The van der Waals surface area contributed by atoms with Gasteiger partial charge in [-0.15, -0.1) is 0 Å². The van der Waals surface area contributed by atoms with Crippen LogP contribution in [-0.4, -0.2) is 6.16 Å². The number of hydrogen-bond donors (Lipinski definition) is 0. The van der Waals surface area contributed by atoms with Crippen molar-refractivity contribution in [1.29, 1.82) is 0 Å². The average molecular weight is 383 g/mol. The molecule has 0 aliphatic rings. The van der Waals surface area contributed by atoms with Crippen molar-refractivity contribution in [2.45, 2.75) is 79.1 Å². The van der Waals surface area contributed by atoms with E-state index in [0.717, 1.165) is 36.8 Å². The lowest BCUT2D eigenvalue weighted by molar-refractivity contribution is 0.150. The zero-order valence-electron chi connectivity index (χ0n) is 18.2. The summed E-state index contributed by atoms with van der Waals surface area (Å²) in [6.45, 7) is 12.7. The Morgan fingerprint density at radius 1 is 0.750 bits per heavy atom. The molecule has 0 aliphatic carbocycles. The van der Waals surface area contributed by atoms with Crippen LogP contribution in [0, 0.1) is 0 Å². The van der Waals surface area contributed by atoms with Gasteiger partial charge in [-0.3, -0.25) is 0 Å². The van der Waals surface area contributed by atoms with Crippen molar-refractivity contribution in [3.8, 4) is 11.5 Å². The lowest BCUT2D eigenvalue weighted by atomic mass is 9.98. The molecule has 3 heteroatoms. The van der Waals surface area contributed by atoms with E-state index in [2.05, 4.69) is 53.7 Å². The van der Waals surface area contributed by atoms with Gasteiger partial charge >= 0.3 is 6.16 Å². The van der Waals surface area contributed by atoms with Crippen molar-refractivity contribution >= 4 is 6.16 Å². The summed E-state index contributed by atoms with van der Waals surface area (Å²) in [4.78, 5) is 12.5. The van der Waals surface area contributed by atoms with Crippen LogP contribution in [0.1, 0.15) is 88.5 Å². The number of rotatable bonds is 8. The highest BCUT2D eigenvalue weighted by Gasteiger charge is 2.17. The number of aryl methyl sites for hydroxylation is 2. The molecule has 2 rings (SSSR count). The Kier molecular flexibility index (Phi) is 8.10. The second-order valence-corrected chi connectivity index (χ2v) is 8.01. The van der Waals surface area contributed by atoms with Gasteiger partial charge in [0.1, 0.15) is 11.5 Å². The second-order valence-electron chi connectivity index (χ2n) is 8.01. The third kappa shape index (κ3) is 5.85. The van der Waals surface area contributed by atoms with Crippen molar-refractivity contribution in [3.05, 3.63) is 58.7 Å². The van der Waals surface area contributed by atoms with E-state index in [1.54, 1.807) is 0 Å². The SMILES string of the molecule is CCCc1ccc(OC(=O)Oc2ccc(CCC)cc2C(C)C)c(C(C)C)c1. The molecule has 0 radical (unpaired) electrons.